The van der Waals surface area contributed by atoms with E-state index in [1.807, 2.05) is 34.1 Å². The van der Waals surface area contributed by atoms with Gasteiger partial charge >= 0.3 is 0 Å². The zero-order valence-corrected chi connectivity index (χ0v) is 18.6. The summed E-state index contributed by atoms with van der Waals surface area (Å²) in [4.78, 5) is 31.2. The van der Waals surface area contributed by atoms with Crippen molar-refractivity contribution in [2.24, 2.45) is 0 Å². The number of ether oxygens (including phenoxy) is 1. The maximum absolute atomic E-state index is 12.6. The summed E-state index contributed by atoms with van der Waals surface area (Å²) >= 11 is 6.06. The van der Waals surface area contributed by atoms with Crippen LogP contribution in [0.2, 0.25) is 5.02 Å². The van der Waals surface area contributed by atoms with Gasteiger partial charge in [0.15, 0.2) is 0 Å². The summed E-state index contributed by atoms with van der Waals surface area (Å²) in [5, 5.41) is 0.659. The minimum atomic E-state index is -0.00344. The molecule has 0 unspecified atom stereocenters. The predicted molar refractivity (Wildman–Crippen MR) is 122 cm³/mol. The lowest BCUT2D eigenvalue weighted by Gasteiger charge is -2.35. The molecular weight excluding hydrogens is 414 g/mol. The average Bonchev–Trinajstić information content (AvgIpc) is 3.07. The van der Waals surface area contributed by atoms with E-state index in [1.54, 1.807) is 12.1 Å². The fourth-order valence-electron chi connectivity index (χ4n) is 4.28. The van der Waals surface area contributed by atoms with Crippen molar-refractivity contribution < 1.29 is 14.3 Å². The van der Waals surface area contributed by atoms with Crippen molar-refractivity contribution in [3.8, 4) is 5.75 Å². The van der Waals surface area contributed by atoms with Crippen molar-refractivity contribution in [1.82, 2.24) is 14.7 Å². The lowest BCUT2D eigenvalue weighted by atomic mass is 10.1. The van der Waals surface area contributed by atoms with Crippen LogP contribution in [0.25, 0.3) is 6.08 Å². The van der Waals surface area contributed by atoms with E-state index in [-0.39, 0.29) is 11.8 Å². The highest BCUT2D eigenvalue weighted by Crippen LogP contribution is 2.29. The topological polar surface area (TPSA) is 53.1 Å². The van der Waals surface area contributed by atoms with Gasteiger partial charge in [-0.15, -0.1) is 0 Å². The van der Waals surface area contributed by atoms with E-state index >= 15 is 0 Å². The molecule has 2 fully saturated rings. The largest absolute Gasteiger partial charge is 0.488 e. The summed E-state index contributed by atoms with van der Waals surface area (Å²) in [5.41, 5.74) is 1.86. The highest BCUT2D eigenvalue weighted by Gasteiger charge is 2.24. The molecular formula is C24H30ClN3O3. The van der Waals surface area contributed by atoms with Crippen LogP contribution in [0.1, 0.15) is 31.2 Å². The SMILES string of the molecule is O=C(/C=C/C1=Cc2cc(Cl)ccc2OC1)N1CCN(CC(=O)N2CCCCCC2)CC1. The number of carbonyl (C=O) groups excluding carboxylic acids is 2. The standard InChI is InChI=1S/C24H30ClN3O3/c25-21-6-7-22-20(16-21)15-19(18-31-22)5-8-23(29)28-13-11-26(12-14-28)17-24(30)27-9-3-1-2-4-10-27/h5-8,15-16H,1-4,9-14,17-18H2/b8-5+. The Morgan fingerprint density at radius 2 is 1.71 bits per heavy atom. The summed E-state index contributed by atoms with van der Waals surface area (Å²) in [6, 6.07) is 5.52. The van der Waals surface area contributed by atoms with Crippen LogP contribution in [0.3, 0.4) is 0 Å². The number of likely N-dealkylation sites (tertiary alicyclic amines) is 1. The first-order valence-corrected chi connectivity index (χ1v) is 11.6. The molecule has 31 heavy (non-hydrogen) atoms. The van der Waals surface area contributed by atoms with Gasteiger partial charge in [-0.3, -0.25) is 14.5 Å². The average molecular weight is 444 g/mol. The minimum Gasteiger partial charge on any atom is -0.488 e. The van der Waals surface area contributed by atoms with Crippen LogP contribution < -0.4 is 4.74 Å². The molecule has 0 N–H and O–H groups in total. The third kappa shape index (κ3) is 5.89. The van der Waals surface area contributed by atoms with Crippen LogP contribution in [-0.4, -0.2) is 78.9 Å². The van der Waals surface area contributed by atoms with Crippen LogP contribution in [-0.2, 0) is 9.59 Å². The Balaban J connectivity index is 1.25. The highest BCUT2D eigenvalue weighted by molar-refractivity contribution is 6.30. The van der Waals surface area contributed by atoms with Gasteiger partial charge in [0.05, 0.1) is 6.54 Å². The number of fused-ring (bicyclic) bond motifs is 1. The molecule has 0 saturated carbocycles. The maximum atomic E-state index is 12.6. The molecule has 4 rings (SSSR count). The number of piperazine rings is 1. The lowest BCUT2D eigenvalue weighted by Crippen LogP contribution is -2.51. The summed E-state index contributed by atoms with van der Waals surface area (Å²) in [6.45, 7) is 5.42. The number of hydrogen-bond acceptors (Lipinski definition) is 4. The van der Waals surface area contributed by atoms with E-state index < -0.39 is 0 Å². The second-order valence-corrected chi connectivity index (χ2v) is 8.86. The van der Waals surface area contributed by atoms with Gasteiger partial charge in [0.2, 0.25) is 11.8 Å². The van der Waals surface area contributed by atoms with Gasteiger partial charge in [-0.2, -0.15) is 0 Å². The Labute approximate surface area is 189 Å². The maximum Gasteiger partial charge on any atom is 0.246 e. The van der Waals surface area contributed by atoms with Crippen LogP contribution in [0.4, 0.5) is 0 Å². The van der Waals surface area contributed by atoms with Gasteiger partial charge < -0.3 is 14.5 Å². The molecule has 1 aromatic rings. The second kappa shape index (κ2) is 10.3. The molecule has 3 aliphatic heterocycles. The fourth-order valence-corrected chi connectivity index (χ4v) is 4.46. The molecule has 6 nitrogen and oxygen atoms in total. The fraction of sp³-hybridized carbons (Fsp3) is 0.500. The second-order valence-electron chi connectivity index (χ2n) is 8.42. The van der Waals surface area contributed by atoms with E-state index in [0.717, 1.165) is 55.9 Å². The van der Waals surface area contributed by atoms with Gasteiger partial charge in [-0.25, -0.2) is 0 Å². The number of halogens is 1. The Hall–Kier alpha value is -2.31. The van der Waals surface area contributed by atoms with Crippen LogP contribution >= 0.6 is 11.6 Å². The molecule has 2 amide bonds. The molecule has 0 bridgehead atoms. The van der Waals surface area contributed by atoms with Gasteiger partial charge in [0.25, 0.3) is 0 Å². The summed E-state index contributed by atoms with van der Waals surface area (Å²) in [6.07, 6.45) is 10.1. The smallest absolute Gasteiger partial charge is 0.246 e. The van der Waals surface area contributed by atoms with Crippen LogP contribution in [0.5, 0.6) is 5.75 Å². The molecule has 3 aliphatic rings. The molecule has 3 heterocycles. The zero-order valence-electron chi connectivity index (χ0n) is 17.9. The molecule has 2 saturated heterocycles. The number of nitrogens with zero attached hydrogens (tertiary/aromatic N) is 3. The number of hydrogen-bond donors (Lipinski definition) is 0. The van der Waals surface area contributed by atoms with Gasteiger partial charge in [-0.05, 0) is 42.7 Å². The monoisotopic (exact) mass is 443 g/mol. The van der Waals surface area contributed by atoms with Crippen molar-refractivity contribution in [1.29, 1.82) is 0 Å². The number of benzene rings is 1. The Bertz CT molecular complexity index is 867. The normalized spacial score (nSPS) is 20.1. The molecule has 1 aromatic carbocycles. The molecule has 7 heteroatoms. The van der Waals surface area contributed by atoms with E-state index in [9.17, 15) is 9.59 Å². The van der Waals surface area contributed by atoms with Crippen molar-refractivity contribution in [3.05, 3.63) is 46.5 Å². The van der Waals surface area contributed by atoms with Crippen LogP contribution in [0, 0.1) is 0 Å². The van der Waals surface area contributed by atoms with Gasteiger partial charge in [0, 0.05) is 55.9 Å². The van der Waals surface area contributed by atoms with E-state index in [2.05, 4.69) is 4.90 Å². The molecule has 0 atom stereocenters. The van der Waals surface area contributed by atoms with E-state index in [0.29, 0.717) is 31.3 Å². The van der Waals surface area contributed by atoms with Crippen molar-refractivity contribution >= 4 is 29.5 Å². The molecule has 0 radical (unpaired) electrons. The zero-order chi connectivity index (χ0) is 21.6. The van der Waals surface area contributed by atoms with Crippen molar-refractivity contribution in [2.45, 2.75) is 25.7 Å². The van der Waals surface area contributed by atoms with Gasteiger partial charge in [-0.1, -0.05) is 30.5 Å². The molecule has 0 spiro atoms. The molecule has 0 aromatic heterocycles. The lowest BCUT2D eigenvalue weighted by molar-refractivity contribution is -0.133. The first-order chi connectivity index (χ1) is 15.1. The van der Waals surface area contributed by atoms with E-state index in [4.69, 9.17) is 16.3 Å². The van der Waals surface area contributed by atoms with Crippen molar-refractivity contribution in [2.75, 3.05) is 52.4 Å². The number of carbonyl (C=O) groups is 2. The Morgan fingerprint density at radius 1 is 0.968 bits per heavy atom. The Kier molecular flexibility index (Phi) is 7.30. The van der Waals surface area contributed by atoms with E-state index in [1.165, 1.54) is 12.8 Å². The molecule has 166 valence electrons. The number of amides is 2. The third-order valence-corrected chi connectivity index (χ3v) is 6.38. The van der Waals surface area contributed by atoms with Crippen molar-refractivity contribution in [3.63, 3.8) is 0 Å². The quantitative estimate of drug-likeness (QED) is 0.670. The van der Waals surface area contributed by atoms with Gasteiger partial charge in [0.1, 0.15) is 12.4 Å². The first kappa shape index (κ1) is 21.9. The number of rotatable bonds is 4. The minimum absolute atomic E-state index is 0.00344. The third-order valence-electron chi connectivity index (χ3n) is 6.15. The summed E-state index contributed by atoms with van der Waals surface area (Å²) < 4.78 is 5.73. The molecule has 0 aliphatic carbocycles. The Morgan fingerprint density at radius 3 is 2.45 bits per heavy atom. The summed E-state index contributed by atoms with van der Waals surface area (Å²) in [7, 11) is 0. The predicted octanol–water partition coefficient (Wildman–Crippen LogP) is 3.22. The highest BCUT2D eigenvalue weighted by atomic mass is 35.5. The van der Waals surface area contributed by atoms with Crippen LogP contribution in [0.15, 0.2) is 35.9 Å². The first-order valence-electron chi connectivity index (χ1n) is 11.2. The summed E-state index contributed by atoms with van der Waals surface area (Å²) in [5.74, 6) is 1.03.